The fraction of sp³-hybridized carbons (Fsp3) is 0.206. The van der Waals surface area contributed by atoms with Crippen LogP contribution in [-0.4, -0.2) is 80.2 Å². The minimum Gasteiger partial charge on any atom is -0.480 e. The molecule has 1 heterocycles. The molecule has 21 heteroatoms. The number of fused-ring (bicyclic) bond motifs is 1. The van der Waals surface area contributed by atoms with Crippen molar-refractivity contribution < 1.29 is 90.6 Å². The summed E-state index contributed by atoms with van der Waals surface area (Å²) in [6, 6.07) is 9.56. The summed E-state index contributed by atoms with van der Waals surface area (Å²) in [4.78, 5) is 92.9. The maximum atomic E-state index is 13.9. The maximum absolute atomic E-state index is 13.9. The molecule has 6 N–H and O–H groups in total. The molecule has 0 aliphatic carbocycles. The predicted molar refractivity (Wildman–Crippen MR) is 173 cm³/mol. The van der Waals surface area contributed by atoms with Crippen LogP contribution in [-0.2, 0) is 48.1 Å². The number of carboxylic acids is 4. The molecule has 1 unspecified atom stereocenters. The summed E-state index contributed by atoms with van der Waals surface area (Å²) in [6.07, 6.45) is -6.69. The number of hydrogen-bond acceptors (Lipinski definition) is 13. The van der Waals surface area contributed by atoms with Crippen molar-refractivity contribution in [3.63, 3.8) is 0 Å². The first kappa shape index (κ1) is 40.9. The molecule has 3 aromatic carbocycles. The van der Waals surface area contributed by atoms with Gasteiger partial charge in [-0.15, -0.1) is 5.84 Å². The summed E-state index contributed by atoms with van der Waals surface area (Å²) in [5.74, 6) is -6.12. The van der Waals surface area contributed by atoms with Crippen LogP contribution in [0.25, 0.3) is 11.0 Å². The number of nitrogens with zero attached hydrogens (tertiary/aromatic N) is 1. The summed E-state index contributed by atoms with van der Waals surface area (Å²) in [5.41, 5.74) is -3.28. The maximum Gasteiger partial charge on any atom is 0.571 e. The summed E-state index contributed by atoms with van der Waals surface area (Å²) in [7, 11) is 0. The normalized spacial score (nSPS) is 13.5. The second kappa shape index (κ2) is 16.9. The molecular formula is C34H28F3N2O16+. The highest BCUT2D eigenvalue weighted by molar-refractivity contribution is 6.11. The molecule has 0 saturated heterocycles. The van der Waals surface area contributed by atoms with Gasteiger partial charge in [-0.05, 0) is 23.8 Å². The number of hydroxylamine groups is 2. The van der Waals surface area contributed by atoms with Gasteiger partial charge in [0.2, 0.25) is 0 Å². The Kier molecular flexibility index (Phi) is 12.6. The molecule has 55 heavy (non-hydrogen) atoms. The van der Waals surface area contributed by atoms with E-state index in [9.17, 15) is 56.9 Å². The lowest BCUT2D eigenvalue weighted by atomic mass is 9.89. The number of carbonyl (C=O) groups excluding carboxylic acids is 2. The van der Waals surface area contributed by atoms with Gasteiger partial charge in [-0.25, -0.2) is 19.2 Å². The van der Waals surface area contributed by atoms with E-state index in [1.54, 1.807) is 6.07 Å². The third-order valence-electron chi connectivity index (χ3n) is 7.55. The number of rotatable bonds is 17. The highest BCUT2D eigenvalue weighted by Gasteiger charge is 2.60. The highest BCUT2D eigenvalue weighted by atomic mass is 19.4. The topological polar surface area (TPSA) is 276 Å². The SMILES string of the molecule is N[N+](OCc1ccccc1)(C(=O)OCc1cc(=O)oc2cc(OCC(=O)O)c(OCC(=O)O)cc12)[C@H](C(=O)O)[C@H](C(=O)O)C(=O)c1ccc(C(F)(F)F)cc1. The van der Waals surface area contributed by atoms with Gasteiger partial charge in [-0.3, -0.25) is 9.59 Å². The van der Waals surface area contributed by atoms with Crippen LogP contribution in [0.4, 0.5) is 18.0 Å². The molecule has 1 aromatic heterocycles. The Morgan fingerprint density at radius 2 is 1.36 bits per heavy atom. The molecule has 0 spiro atoms. The Morgan fingerprint density at radius 3 is 1.89 bits per heavy atom. The van der Waals surface area contributed by atoms with Crippen molar-refractivity contribution in [1.29, 1.82) is 0 Å². The van der Waals surface area contributed by atoms with E-state index in [1.807, 2.05) is 0 Å². The number of hydrogen-bond donors (Lipinski definition) is 5. The third kappa shape index (κ3) is 9.98. The van der Waals surface area contributed by atoms with Gasteiger partial charge in [0, 0.05) is 33.4 Å². The Labute approximate surface area is 304 Å². The van der Waals surface area contributed by atoms with Crippen LogP contribution in [0.15, 0.2) is 82.0 Å². The molecule has 18 nitrogen and oxygen atoms in total. The highest BCUT2D eigenvalue weighted by Crippen LogP contribution is 2.35. The minimum absolute atomic E-state index is 0.119. The number of nitrogens with two attached hydrogens (primary N) is 1. The molecule has 0 fully saturated rings. The van der Waals surface area contributed by atoms with Gasteiger partial charge in [0.15, 0.2) is 36.4 Å². The number of carbonyl (C=O) groups is 6. The molecule has 0 bridgehead atoms. The zero-order valence-electron chi connectivity index (χ0n) is 27.8. The lowest BCUT2D eigenvalue weighted by Gasteiger charge is -2.33. The Hall–Kier alpha value is -6.84. The van der Waals surface area contributed by atoms with Crippen LogP contribution >= 0.6 is 0 Å². The summed E-state index contributed by atoms with van der Waals surface area (Å²) < 4.78 is 57.7. The van der Waals surface area contributed by atoms with Crippen molar-refractivity contribution >= 4 is 46.7 Å². The van der Waals surface area contributed by atoms with Crippen molar-refractivity contribution in [3.8, 4) is 11.5 Å². The Balaban J connectivity index is 1.77. The van der Waals surface area contributed by atoms with Gasteiger partial charge in [0.1, 0.15) is 18.8 Å². The second-order valence-corrected chi connectivity index (χ2v) is 11.3. The first-order valence-corrected chi connectivity index (χ1v) is 15.3. The largest absolute Gasteiger partial charge is 0.571 e. The minimum atomic E-state index is -4.84. The van der Waals surface area contributed by atoms with Crippen LogP contribution in [0.3, 0.4) is 0 Å². The zero-order valence-corrected chi connectivity index (χ0v) is 27.8. The number of carboxylic acid groups (broad SMARTS) is 4. The van der Waals surface area contributed by atoms with Crippen molar-refractivity contribution in [2.24, 2.45) is 11.8 Å². The van der Waals surface area contributed by atoms with Gasteiger partial charge in [-0.2, -0.15) is 22.8 Å². The van der Waals surface area contributed by atoms with Crippen LogP contribution in [0.5, 0.6) is 11.5 Å². The van der Waals surface area contributed by atoms with E-state index in [-0.39, 0.29) is 33.6 Å². The van der Waals surface area contributed by atoms with Crippen LogP contribution in [0.2, 0.25) is 0 Å². The average molecular weight is 778 g/mol. The van der Waals surface area contributed by atoms with E-state index < -0.39 is 102 Å². The average Bonchev–Trinajstić information content (AvgIpc) is 3.12. The van der Waals surface area contributed by atoms with Crippen LogP contribution in [0, 0.1) is 5.92 Å². The molecule has 0 saturated carbocycles. The summed E-state index contributed by atoms with van der Waals surface area (Å²) in [6.45, 7) is -3.57. The predicted octanol–water partition coefficient (Wildman–Crippen LogP) is 3.23. The summed E-state index contributed by atoms with van der Waals surface area (Å²) >= 11 is 0. The number of amides is 1. The van der Waals surface area contributed by atoms with Gasteiger partial charge in [0.05, 0.1) is 5.56 Å². The standard InChI is InChI=1S/C34H27F3N2O16/c35-34(36,37)20-8-6-18(7-9-20)30(45)28(31(46)47)29(32(48)49)39(38,54-13-17-4-2-1-3-5-17)33(50)53-14-19-10-27(44)55-22-12-24(52-16-26(42)43)23(11-21(19)22)51-15-25(40)41/h1-12,28-29H,13-16,38H2,(H3-,40,41,42,43,46,47,48,49)/p+1/t28-,29-,39?/m0/s1. The van der Waals surface area contributed by atoms with Gasteiger partial charge in [0.25, 0.3) is 6.04 Å². The van der Waals surface area contributed by atoms with E-state index >= 15 is 0 Å². The molecular weight excluding hydrogens is 749 g/mol. The smallest absolute Gasteiger partial charge is 0.480 e. The molecule has 290 valence electrons. The monoisotopic (exact) mass is 777 g/mol. The van der Waals surface area contributed by atoms with E-state index in [4.69, 9.17) is 39.5 Å². The van der Waals surface area contributed by atoms with E-state index in [0.29, 0.717) is 24.3 Å². The second-order valence-electron chi connectivity index (χ2n) is 11.3. The molecule has 0 aliphatic rings. The van der Waals surface area contributed by atoms with Crippen molar-refractivity contribution in [2.45, 2.75) is 25.4 Å². The molecule has 4 aromatic rings. The number of alkyl halides is 3. The first-order valence-electron chi connectivity index (χ1n) is 15.3. The van der Waals surface area contributed by atoms with Gasteiger partial charge >= 0.3 is 41.8 Å². The molecule has 1 amide bonds. The Morgan fingerprint density at radius 1 is 0.782 bits per heavy atom. The fourth-order valence-corrected chi connectivity index (χ4v) is 5.02. The van der Waals surface area contributed by atoms with Crippen molar-refractivity contribution in [2.75, 3.05) is 13.2 Å². The molecule has 0 aliphatic heterocycles. The van der Waals surface area contributed by atoms with Gasteiger partial charge in [-0.1, -0.05) is 42.5 Å². The lowest BCUT2D eigenvalue weighted by Crippen LogP contribution is -2.70. The quantitative estimate of drug-likeness (QED) is 0.0196. The number of Topliss-reactive ketones (excluding diaryl/α,β-unsaturated/α-hetero) is 1. The molecule has 0 radical (unpaired) electrons. The number of quaternary nitrogens is 1. The van der Waals surface area contributed by atoms with E-state index in [0.717, 1.165) is 18.2 Å². The number of ether oxygens (including phenoxy) is 3. The van der Waals surface area contributed by atoms with E-state index in [1.165, 1.54) is 24.3 Å². The number of ketones is 1. The van der Waals surface area contributed by atoms with Crippen molar-refractivity contribution in [1.82, 2.24) is 0 Å². The zero-order chi connectivity index (χ0) is 40.7. The van der Waals surface area contributed by atoms with Crippen LogP contribution < -0.4 is 20.9 Å². The molecule has 4 rings (SSSR count). The Bertz CT molecular complexity index is 2170. The third-order valence-corrected chi connectivity index (χ3v) is 7.55. The number of halogens is 3. The summed E-state index contributed by atoms with van der Waals surface area (Å²) in [5, 5.41) is 38.4. The number of benzene rings is 3. The molecule has 3 atom stereocenters. The lowest BCUT2D eigenvalue weighted by molar-refractivity contribution is -1.07. The first-order chi connectivity index (χ1) is 25.8. The van der Waals surface area contributed by atoms with Crippen molar-refractivity contribution in [3.05, 3.63) is 105 Å². The number of aliphatic carboxylic acids is 4. The van der Waals surface area contributed by atoms with Crippen LogP contribution in [0.1, 0.15) is 27.0 Å². The van der Waals surface area contributed by atoms with Gasteiger partial charge < -0.3 is 39.1 Å². The van der Waals surface area contributed by atoms with E-state index in [2.05, 4.69) is 0 Å². The fourth-order valence-electron chi connectivity index (χ4n) is 5.02.